The first-order chi connectivity index (χ1) is 16.2. The van der Waals surface area contributed by atoms with Crippen LogP contribution in [0.4, 0.5) is 5.69 Å². The zero-order valence-corrected chi connectivity index (χ0v) is 20.6. The van der Waals surface area contributed by atoms with Gasteiger partial charge >= 0.3 is 0 Å². The van der Waals surface area contributed by atoms with Crippen molar-refractivity contribution >= 4 is 51.0 Å². The Hall–Kier alpha value is -3.27. The smallest absolute Gasteiger partial charge is 0.264 e. The van der Waals surface area contributed by atoms with Crippen LogP contribution in [0.5, 0.6) is 11.5 Å². The number of halogens is 2. The van der Waals surface area contributed by atoms with Crippen LogP contribution < -0.4 is 19.2 Å². The lowest BCUT2D eigenvalue weighted by molar-refractivity contribution is -0.119. The third-order valence-corrected chi connectivity index (χ3v) is 6.89. The number of benzene rings is 3. The van der Waals surface area contributed by atoms with E-state index in [0.29, 0.717) is 27.1 Å². The third-order valence-electron chi connectivity index (χ3n) is 4.61. The topological polar surface area (TPSA) is 97.3 Å². The summed E-state index contributed by atoms with van der Waals surface area (Å²) in [6.07, 6.45) is 1.37. The average Bonchev–Trinajstić information content (AvgIpc) is 2.82. The van der Waals surface area contributed by atoms with Gasteiger partial charge in [-0.3, -0.25) is 9.10 Å². The van der Waals surface area contributed by atoms with Gasteiger partial charge in [-0.1, -0.05) is 29.3 Å². The molecule has 0 aliphatic heterocycles. The highest BCUT2D eigenvalue weighted by atomic mass is 35.5. The summed E-state index contributed by atoms with van der Waals surface area (Å²) in [5.41, 5.74) is 3.12. The monoisotopic (exact) mass is 521 g/mol. The van der Waals surface area contributed by atoms with E-state index in [1.165, 1.54) is 56.8 Å². The highest BCUT2D eigenvalue weighted by Crippen LogP contribution is 2.27. The Morgan fingerprint density at radius 3 is 2.38 bits per heavy atom. The molecule has 1 N–H and O–H groups in total. The van der Waals surface area contributed by atoms with Crippen LogP contribution in [0.15, 0.2) is 76.7 Å². The number of sulfonamides is 1. The number of hydrogen-bond acceptors (Lipinski definition) is 6. The summed E-state index contributed by atoms with van der Waals surface area (Å²) >= 11 is 12.0. The molecule has 0 fully saturated rings. The van der Waals surface area contributed by atoms with Crippen LogP contribution in [0.1, 0.15) is 5.56 Å². The zero-order chi connectivity index (χ0) is 24.7. The maximum Gasteiger partial charge on any atom is 0.264 e. The average molecular weight is 522 g/mol. The Labute approximate surface area is 207 Å². The standard InChI is InChI=1S/C23H21Cl2N3O5S/c1-32-20-8-11-22(33-2)16(12-20)14-26-27-23(29)15-28(19-5-3-4-18(25)13-19)34(30,31)21-9-6-17(24)7-10-21/h3-14H,15H2,1-2H3,(H,27,29)/b26-14-. The number of hydrogen-bond donors (Lipinski definition) is 1. The van der Waals surface area contributed by atoms with E-state index in [1.807, 2.05) is 0 Å². The molecule has 0 aliphatic rings. The second-order valence-electron chi connectivity index (χ2n) is 6.85. The maximum absolute atomic E-state index is 13.3. The lowest BCUT2D eigenvalue weighted by atomic mass is 10.2. The molecule has 3 rings (SSSR count). The Balaban J connectivity index is 1.85. The fraction of sp³-hybridized carbons (Fsp3) is 0.130. The normalized spacial score (nSPS) is 11.3. The van der Waals surface area contributed by atoms with Gasteiger partial charge in [0.1, 0.15) is 18.0 Å². The first-order valence-corrected chi connectivity index (χ1v) is 12.0. The molecule has 0 aromatic heterocycles. The summed E-state index contributed by atoms with van der Waals surface area (Å²) in [5, 5.41) is 4.63. The molecule has 8 nitrogen and oxygen atoms in total. The number of amides is 1. The van der Waals surface area contributed by atoms with Crippen molar-refractivity contribution in [2.75, 3.05) is 25.1 Å². The van der Waals surface area contributed by atoms with Gasteiger partial charge in [-0.2, -0.15) is 5.10 Å². The highest BCUT2D eigenvalue weighted by Gasteiger charge is 2.27. The molecule has 3 aromatic carbocycles. The summed E-state index contributed by atoms with van der Waals surface area (Å²) in [6, 6.07) is 16.9. The minimum atomic E-state index is -4.11. The van der Waals surface area contributed by atoms with Gasteiger partial charge in [0.25, 0.3) is 15.9 Å². The number of hydrazone groups is 1. The van der Waals surface area contributed by atoms with Gasteiger partial charge in [0.05, 0.1) is 31.0 Å². The number of rotatable bonds is 9. The molecule has 0 saturated carbocycles. The molecular formula is C23H21Cl2N3O5S. The van der Waals surface area contributed by atoms with Crippen molar-refractivity contribution in [3.05, 3.63) is 82.3 Å². The van der Waals surface area contributed by atoms with E-state index in [1.54, 1.807) is 30.3 Å². The third kappa shape index (κ3) is 6.19. The van der Waals surface area contributed by atoms with Gasteiger partial charge in [-0.05, 0) is 60.7 Å². The molecule has 3 aromatic rings. The van der Waals surface area contributed by atoms with Crippen LogP contribution in [0.25, 0.3) is 0 Å². The van der Waals surface area contributed by atoms with Crippen LogP contribution in [-0.2, 0) is 14.8 Å². The number of nitrogens with one attached hydrogen (secondary N) is 1. The van der Waals surface area contributed by atoms with E-state index in [0.717, 1.165) is 4.31 Å². The lowest BCUT2D eigenvalue weighted by Crippen LogP contribution is -2.39. The van der Waals surface area contributed by atoms with E-state index in [2.05, 4.69) is 10.5 Å². The van der Waals surface area contributed by atoms with E-state index >= 15 is 0 Å². The minimum Gasteiger partial charge on any atom is -0.497 e. The van der Waals surface area contributed by atoms with Crippen molar-refractivity contribution in [2.24, 2.45) is 5.10 Å². The van der Waals surface area contributed by atoms with Crippen molar-refractivity contribution in [1.82, 2.24) is 5.43 Å². The van der Waals surface area contributed by atoms with E-state index in [4.69, 9.17) is 32.7 Å². The predicted octanol–water partition coefficient (Wildman–Crippen LogP) is 4.36. The van der Waals surface area contributed by atoms with Crippen molar-refractivity contribution in [2.45, 2.75) is 4.90 Å². The number of anilines is 1. The van der Waals surface area contributed by atoms with E-state index in [-0.39, 0.29) is 10.6 Å². The fourth-order valence-electron chi connectivity index (χ4n) is 2.96. The number of nitrogens with zero attached hydrogens (tertiary/aromatic N) is 2. The summed E-state index contributed by atoms with van der Waals surface area (Å²) in [4.78, 5) is 12.6. The minimum absolute atomic E-state index is 0.0331. The molecular weight excluding hydrogens is 501 g/mol. The number of carbonyl (C=O) groups is 1. The zero-order valence-electron chi connectivity index (χ0n) is 18.2. The Morgan fingerprint density at radius 1 is 1.00 bits per heavy atom. The van der Waals surface area contributed by atoms with Crippen molar-refractivity contribution in [3.8, 4) is 11.5 Å². The van der Waals surface area contributed by atoms with Gasteiger partial charge in [0.2, 0.25) is 0 Å². The van der Waals surface area contributed by atoms with Crippen LogP contribution in [0.2, 0.25) is 10.0 Å². The number of methoxy groups -OCH3 is 2. The van der Waals surface area contributed by atoms with Crippen LogP contribution in [0, 0.1) is 0 Å². The Kier molecular flexibility index (Phi) is 8.38. The predicted molar refractivity (Wildman–Crippen MR) is 133 cm³/mol. The molecule has 0 spiro atoms. The maximum atomic E-state index is 13.3. The molecule has 34 heavy (non-hydrogen) atoms. The van der Waals surface area contributed by atoms with E-state index in [9.17, 15) is 13.2 Å². The first-order valence-electron chi connectivity index (χ1n) is 9.82. The van der Waals surface area contributed by atoms with Gasteiger partial charge in [-0.15, -0.1) is 0 Å². The number of carbonyl (C=O) groups excluding carboxylic acids is 1. The Morgan fingerprint density at radius 2 is 1.74 bits per heavy atom. The van der Waals surface area contributed by atoms with Crippen molar-refractivity contribution in [1.29, 1.82) is 0 Å². The molecule has 0 unspecified atom stereocenters. The van der Waals surface area contributed by atoms with Crippen molar-refractivity contribution < 1.29 is 22.7 Å². The summed E-state index contributed by atoms with van der Waals surface area (Å²) in [7, 11) is -1.09. The largest absolute Gasteiger partial charge is 0.497 e. The second-order valence-corrected chi connectivity index (χ2v) is 9.58. The molecule has 0 aliphatic carbocycles. The molecule has 0 bridgehead atoms. The molecule has 178 valence electrons. The van der Waals surface area contributed by atoms with Crippen molar-refractivity contribution in [3.63, 3.8) is 0 Å². The molecule has 0 saturated heterocycles. The number of ether oxygens (including phenoxy) is 2. The Bertz CT molecular complexity index is 1300. The van der Waals surface area contributed by atoms with Gasteiger partial charge < -0.3 is 9.47 Å². The molecule has 0 atom stereocenters. The molecule has 1 amide bonds. The molecule has 0 radical (unpaired) electrons. The highest BCUT2D eigenvalue weighted by molar-refractivity contribution is 7.92. The first kappa shape index (κ1) is 25.4. The van der Waals surface area contributed by atoms with Gasteiger partial charge in [-0.25, -0.2) is 13.8 Å². The summed E-state index contributed by atoms with van der Waals surface area (Å²) < 4.78 is 38.1. The summed E-state index contributed by atoms with van der Waals surface area (Å²) in [6.45, 7) is -0.544. The van der Waals surface area contributed by atoms with E-state index < -0.39 is 22.5 Å². The van der Waals surface area contributed by atoms with Gasteiger partial charge in [0, 0.05) is 15.6 Å². The van der Waals surface area contributed by atoms with Crippen LogP contribution in [-0.4, -0.2) is 41.3 Å². The fourth-order valence-corrected chi connectivity index (χ4v) is 4.68. The van der Waals surface area contributed by atoms with Crippen LogP contribution in [0.3, 0.4) is 0 Å². The van der Waals surface area contributed by atoms with Crippen LogP contribution >= 0.6 is 23.2 Å². The second kappa shape index (κ2) is 11.2. The SMILES string of the molecule is COc1ccc(OC)c(/C=N\NC(=O)CN(c2cccc(Cl)c2)S(=O)(=O)c2ccc(Cl)cc2)c1. The summed E-state index contributed by atoms with van der Waals surface area (Å²) in [5.74, 6) is 0.426. The molecule has 0 heterocycles. The lowest BCUT2D eigenvalue weighted by Gasteiger charge is -2.23. The van der Waals surface area contributed by atoms with Gasteiger partial charge in [0.15, 0.2) is 0 Å². The quantitative estimate of drug-likeness (QED) is 0.333. The molecule has 11 heteroatoms.